The highest BCUT2D eigenvalue weighted by Gasteiger charge is 2.41. The van der Waals surface area contributed by atoms with E-state index in [0.29, 0.717) is 0 Å². The molecule has 4 rings (SSSR count). The highest BCUT2D eigenvalue weighted by Crippen LogP contribution is 2.47. The largest absolute Gasteiger partial charge is 0.480 e. The second-order valence-electron chi connectivity index (χ2n) is 5.56. The van der Waals surface area contributed by atoms with Gasteiger partial charge >= 0.3 is 5.97 Å². The van der Waals surface area contributed by atoms with Crippen LogP contribution in [0.25, 0.3) is 10.8 Å². The van der Waals surface area contributed by atoms with Gasteiger partial charge in [-0.1, -0.05) is 42.5 Å². The first-order valence-electron chi connectivity index (χ1n) is 6.93. The van der Waals surface area contributed by atoms with E-state index in [-0.39, 0.29) is 11.8 Å². The lowest BCUT2D eigenvalue weighted by Crippen LogP contribution is -2.41. The van der Waals surface area contributed by atoms with Crippen LogP contribution in [0.1, 0.15) is 17.9 Å². The summed E-state index contributed by atoms with van der Waals surface area (Å²) < 4.78 is 0. The molecule has 1 aliphatic carbocycles. The Bertz CT molecular complexity index is 735. The van der Waals surface area contributed by atoms with Gasteiger partial charge in [0.25, 0.3) is 0 Å². The van der Waals surface area contributed by atoms with E-state index >= 15 is 0 Å². The van der Waals surface area contributed by atoms with E-state index in [4.69, 9.17) is 0 Å². The van der Waals surface area contributed by atoms with Crippen molar-refractivity contribution in [1.82, 2.24) is 0 Å². The van der Waals surface area contributed by atoms with Crippen LogP contribution >= 0.6 is 0 Å². The topological polar surface area (TPSA) is 49.3 Å². The van der Waals surface area contributed by atoms with Crippen molar-refractivity contribution in [2.45, 2.75) is 18.4 Å². The van der Waals surface area contributed by atoms with Gasteiger partial charge in [-0.05, 0) is 28.8 Å². The molecule has 0 saturated heterocycles. The van der Waals surface area contributed by atoms with Gasteiger partial charge in [-0.3, -0.25) is 0 Å². The Morgan fingerprint density at radius 3 is 2.90 bits per heavy atom. The molecule has 0 spiro atoms. The first kappa shape index (κ1) is 11.5. The molecule has 2 N–H and O–H groups in total. The number of aliphatic carboxylic acids is 1. The molecule has 0 fully saturated rings. The summed E-state index contributed by atoms with van der Waals surface area (Å²) in [5.74, 6) is -0.438. The minimum Gasteiger partial charge on any atom is -0.480 e. The van der Waals surface area contributed by atoms with Crippen molar-refractivity contribution in [3.05, 3.63) is 54.1 Å². The van der Waals surface area contributed by atoms with Crippen LogP contribution in [0.2, 0.25) is 0 Å². The highest BCUT2D eigenvalue weighted by molar-refractivity contribution is 5.93. The Balaban J connectivity index is 1.97. The van der Waals surface area contributed by atoms with Crippen LogP contribution in [0.5, 0.6) is 0 Å². The van der Waals surface area contributed by atoms with Gasteiger partial charge in [-0.15, -0.1) is 0 Å². The van der Waals surface area contributed by atoms with Crippen LogP contribution in [0, 0.1) is 5.92 Å². The van der Waals surface area contributed by atoms with Crippen molar-refractivity contribution < 1.29 is 9.90 Å². The number of carbonyl (C=O) groups is 1. The molecule has 0 bridgehead atoms. The Labute approximate surface area is 116 Å². The van der Waals surface area contributed by atoms with Crippen LogP contribution in [-0.2, 0) is 4.79 Å². The maximum atomic E-state index is 11.5. The zero-order valence-electron chi connectivity index (χ0n) is 10.9. The molecule has 0 aromatic heterocycles. The number of fused-ring (bicyclic) bond motifs is 5. The number of benzene rings is 2. The number of hydrogen-bond donors (Lipinski definition) is 2. The second-order valence-corrected chi connectivity index (χ2v) is 5.56. The van der Waals surface area contributed by atoms with Gasteiger partial charge in [0.15, 0.2) is 0 Å². The third kappa shape index (κ3) is 1.49. The van der Waals surface area contributed by atoms with Crippen LogP contribution in [0.3, 0.4) is 0 Å². The summed E-state index contributed by atoms with van der Waals surface area (Å²) in [6, 6.07) is 11.9. The number of rotatable bonds is 1. The first-order chi connectivity index (χ1) is 9.75. The maximum absolute atomic E-state index is 11.5. The van der Waals surface area contributed by atoms with Crippen molar-refractivity contribution in [2.75, 3.05) is 5.32 Å². The molecule has 1 aliphatic heterocycles. The molecule has 2 aliphatic rings. The number of carboxylic acid groups (broad SMARTS) is 1. The van der Waals surface area contributed by atoms with Crippen LogP contribution in [0.15, 0.2) is 48.6 Å². The lowest BCUT2D eigenvalue weighted by molar-refractivity contribution is -0.139. The summed E-state index contributed by atoms with van der Waals surface area (Å²) in [5.41, 5.74) is 2.21. The van der Waals surface area contributed by atoms with Gasteiger partial charge in [-0.25, -0.2) is 4.79 Å². The standard InChI is InChI=1S/C17H15NO2/c19-17(20)16-13-7-3-6-12(13)15-11-5-2-1-4-10(11)8-9-14(15)18-16/h1-6,8-9,12-13,16,18H,7H2,(H,19,20)/t12-,13+,16-/m1/s1. The van der Waals surface area contributed by atoms with Crippen molar-refractivity contribution in [1.29, 1.82) is 0 Å². The first-order valence-corrected chi connectivity index (χ1v) is 6.93. The predicted molar refractivity (Wildman–Crippen MR) is 79.0 cm³/mol. The van der Waals surface area contributed by atoms with Gasteiger partial charge in [-0.2, -0.15) is 0 Å². The minimum atomic E-state index is -0.762. The number of nitrogens with one attached hydrogen (secondary N) is 1. The second kappa shape index (κ2) is 4.10. The number of carboxylic acids is 1. The van der Waals surface area contributed by atoms with Crippen molar-refractivity contribution in [3.63, 3.8) is 0 Å². The molecule has 1 heterocycles. The van der Waals surface area contributed by atoms with Crippen molar-refractivity contribution in [3.8, 4) is 0 Å². The summed E-state index contributed by atoms with van der Waals surface area (Å²) in [7, 11) is 0. The molecule has 0 saturated carbocycles. The Hall–Kier alpha value is -2.29. The predicted octanol–water partition coefficient (Wildman–Crippen LogP) is 3.38. The molecular weight excluding hydrogens is 250 g/mol. The third-order valence-electron chi connectivity index (χ3n) is 4.52. The quantitative estimate of drug-likeness (QED) is 0.777. The molecule has 100 valence electrons. The fourth-order valence-corrected chi connectivity index (χ4v) is 3.63. The Morgan fingerprint density at radius 2 is 2.05 bits per heavy atom. The van der Waals surface area contributed by atoms with E-state index in [1.807, 2.05) is 18.2 Å². The van der Waals surface area contributed by atoms with E-state index in [9.17, 15) is 9.90 Å². The summed E-state index contributed by atoms with van der Waals surface area (Å²) in [4.78, 5) is 11.5. The molecule has 3 heteroatoms. The monoisotopic (exact) mass is 265 g/mol. The Morgan fingerprint density at radius 1 is 1.20 bits per heavy atom. The lowest BCUT2D eigenvalue weighted by Gasteiger charge is -2.35. The molecular formula is C17H15NO2. The van der Waals surface area contributed by atoms with Gasteiger partial charge in [0.1, 0.15) is 6.04 Å². The third-order valence-corrected chi connectivity index (χ3v) is 4.52. The van der Waals surface area contributed by atoms with Crippen LogP contribution < -0.4 is 5.32 Å². The van der Waals surface area contributed by atoms with Crippen LogP contribution in [-0.4, -0.2) is 17.1 Å². The van der Waals surface area contributed by atoms with E-state index in [0.717, 1.165) is 12.1 Å². The summed E-state index contributed by atoms with van der Waals surface area (Å²) in [6.07, 6.45) is 5.12. The molecule has 3 nitrogen and oxygen atoms in total. The van der Waals surface area contributed by atoms with Gasteiger partial charge in [0.05, 0.1) is 0 Å². The zero-order chi connectivity index (χ0) is 13.7. The SMILES string of the molecule is O=C(O)[C@@H]1Nc2ccc3ccccc3c2[C@@H]2C=CC[C@H]12. The molecule has 0 unspecified atom stereocenters. The van der Waals surface area contributed by atoms with Gasteiger partial charge in [0.2, 0.25) is 0 Å². The Kier molecular flexibility index (Phi) is 2.36. The maximum Gasteiger partial charge on any atom is 0.326 e. The molecule has 2 aromatic carbocycles. The van der Waals surface area contributed by atoms with Gasteiger partial charge < -0.3 is 10.4 Å². The van der Waals surface area contributed by atoms with E-state index in [1.165, 1.54) is 16.3 Å². The molecule has 3 atom stereocenters. The highest BCUT2D eigenvalue weighted by atomic mass is 16.4. The number of hydrogen-bond acceptors (Lipinski definition) is 2. The van der Waals surface area contributed by atoms with E-state index in [2.05, 4.69) is 35.7 Å². The van der Waals surface area contributed by atoms with E-state index < -0.39 is 12.0 Å². The summed E-state index contributed by atoms with van der Waals surface area (Å²) >= 11 is 0. The molecule has 2 aromatic rings. The molecule has 20 heavy (non-hydrogen) atoms. The van der Waals surface area contributed by atoms with Crippen molar-refractivity contribution >= 4 is 22.4 Å². The normalized spacial score (nSPS) is 26.9. The summed E-state index contributed by atoms with van der Waals surface area (Å²) in [6.45, 7) is 0. The minimum absolute atomic E-state index is 0.116. The van der Waals surface area contributed by atoms with E-state index in [1.54, 1.807) is 0 Å². The zero-order valence-corrected chi connectivity index (χ0v) is 10.9. The smallest absolute Gasteiger partial charge is 0.326 e. The fraction of sp³-hybridized carbons (Fsp3) is 0.235. The van der Waals surface area contributed by atoms with Crippen molar-refractivity contribution in [2.24, 2.45) is 5.92 Å². The number of anilines is 1. The number of allylic oxidation sites excluding steroid dienone is 2. The average molecular weight is 265 g/mol. The average Bonchev–Trinajstić information content (AvgIpc) is 2.94. The van der Waals surface area contributed by atoms with Crippen LogP contribution in [0.4, 0.5) is 5.69 Å². The fourth-order valence-electron chi connectivity index (χ4n) is 3.63. The molecule has 0 amide bonds. The summed E-state index contributed by atoms with van der Waals surface area (Å²) in [5, 5.41) is 15.1. The lowest BCUT2D eigenvalue weighted by atomic mass is 9.77. The van der Waals surface area contributed by atoms with Gasteiger partial charge in [0, 0.05) is 17.5 Å². The molecule has 0 radical (unpaired) electrons.